The molecular formula is C8H6F4O2S. The number of benzene rings is 1. The van der Waals surface area contributed by atoms with E-state index in [4.69, 9.17) is 0 Å². The highest BCUT2D eigenvalue weighted by molar-refractivity contribution is 7.92. The van der Waals surface area contributed by atoms with Gasteiger partial charge in [-0.25, -0.2) is 26.0 Å². The van der Waals surface area contributed by atoms with Gasteiger partial charge in [0.05, 0.1) is 4.90 Å². The smallest absolute Gasteiger partial charge is 0.223 e. The van der Waals surface area contributed by atoms with E-state index in [2.05, 4.69) is 0 Å². The topological polar surface area (TPSA) is 34.1 Å². The van der Waals surface area contributed by atoms with E-state index in [1.807, 2.05) is 0 Å². The van der Waals surface area contributed by atoms with Crippen LogP contribution in [0.15, 0.2) is 29.2 Å². The molecule has 0 saturated carbocycles. The van der Waals surface area contributed by atoms with Gasteiger partial charge in [-0.05, 0) is 18.2 Å². The Morgan fingerprint density at radius 2 is 1.73 bits per heavy atom. The Kier molecular flexibility index (Phi) is 3.33. The van der Waals surface area contributed by atoms with Crippen molar-refractivity contribution in [2.45, 2.75) is 16.8 Å². The average molecular weight is 242 g/mol. The quantitative estimate of drug-likeness (QED) is 0.761. The second-order valence-electron chi connectivity index (χ2n) is 2.69. The molecule has 0 aliphatic rings. The van der Waals surface area contributed by atoms with Crippen molar-refractivity contribution in [1.29, 1.82) is 0 Å². The van der Waals surface area contributed by atoms with Crippen molar-refractivity contribution in [3.05, 3.63) is 30.1 Å². The van der Waals surface area contributed by atoms with Crippen LogP contribution in [0.5, 0.6) is 0 Å². The largest absolute Gasteiger partial charge is 0.284 e. The summed E-state index contributed by atoms with van der Waals surface area (Å²) in [6.45, 7) is 0. The van der Waals surface area contributed by atoms with Gasteiger partial charge in [-0.3, -0.25) is 0 Å². The molecule has 0 bridgehead atoms. The number of halogens is 4. The molecule has 1 atom stereocenters. The number of rotatable bonds is 3. The lowest BCUT2D eigenvalue weighted by molar-refractivity contribution is 0.0902. The summed E-state index contributed by atoms with van der Waals surface area (Å²) in [5.74, 6) is -0.933. The number of hydrogen-bond acceptors (Lipinski definition) is 2. The minimum absolute atomic E-state index is 0.490. The molecule has 1 rings (SSSR count). The van der Waals surface area contributed by atoms with Crippen molar-refractivity contribution in [1.82, 2.24) is 0 Å². The first-order chi connectivity index (χ1) is 6.85. The molecule has 15 heavy (non-hydrogen) atoms. The van der Waals surface area contributed by atoms with Crippen molar-refractivity contribution >= 4 is 9.84 Å². The minimum Gasteiger partial charge on any atom is -0.223 e. The summed E-state index contributed by atoms with van der Waals surface area (Å²) in [5, 5.41) is 0. The van der Waals surface area contributed by atoms with Crippen LogP contribution in [0.4, 0.5) is 17.6 Å². The second kappa shape index (κ2) is 4.18. The van der Waals surface area contributed by atoms with Crippen LogP contribution < -0.4 is 0 Å². The third-order valence-electron chi connectivity index (χ3n) is 1.62. The summed E-state index contributed by atoms with van der Waals surface area (Å²) in [4.78, 5) is -0.796. The molecule has 0 N–H and O–H groups in total. The molecule has 0 heterocycles. The number of hydrogen-bond donors (Lipinski definition) is 0. The summed E-state index contributed by atoms with van der Waals surface area (Å²) in [7, 11) is -4.82. The second-order valence-corrected chi connectivity index (χ2v) is 4.70. The monoisotopic (exact) mass is 242 g/mol. The average Bonchev–Trinajstić information content (AvgIpc) is 2.16. The maximum Gasteiger partial charge on any atom is 0.284 e. The molecule has 7 heteroatoms. The van der Waals surface area contributed by atoms with Crippen LogP contribution in [-0.2, 0) is 9.84 Å². The van der Waals surface area contributed by atoms with E-state index in [1.54, 1.807) is 0 Å². The van der Waals surface area contributed by atoms with Crippen LogP contribution in [0.1, 0.15) is 0 Å². The van der Waals surface area contributed by atoms with Crippen molar-refractivity contribution in [3.8, 4) is 0 Å². The highest BCUT2D eigenvalue weighted by Crippen LogP contribution is 2.22. The normalized spacial score (nSPS) is 14.2. The van der Waals surface area contributed by atoms with Crippen molar-refractivity contribution in [2.75, 3.05) is 0 Å². The fourth-order valence-corrected chi connectivity index (χ4v) is 1.99. The molecule has 1 unspecified atom stereocenters. The first-order valence-electron chi connectivity index (χ1n) is 3.77. The fourth-order valence-electron chi connectivity index (χ4n) is 0.909. The highest BCUT2D eigenvalue weighted by atomic mass is 32.2. The van der Waals surface area contributed by atoms with Gasteiger partial charge < -0.3 is 0 Å². The van der Waals surface area contributed by atoms with Crippen LogP contribution in [-0.4, -0.2) is 20.3 Å². The molecule has 0 radical (unpaired) electrons. The zero-order valence-electron chi connectivity index (χ0n) is 7.20. The Hall–Kier alpha value is -1.11. The molecule has 2 nitrogen and oxygen atoms in total. The fraction of sp³-hybridized carbons (Fsp3) is 0.250. The van der Waals surface area contributed by atoms with Gasteiger partial charge in [-0.15, -0.1) is 0 Å². The summed E-state index contributed by atoms with van der Waals surface area (Å²) in [6.07, 6.45) is -3.65. The minimum atomic E-state index is -4.82. The van der Waals surface area contributed by atoms with Crippen LogP contribution in [0.25, 0.3) is 0 Å². The summed E-state index contributed by atoms with van der Waals surface area (Å²) in [6, 6.07) is 3.27. The van der Waals surface area contributed by atoms with E-state index in [-0.39, 0.29) is 0 Å². The van der Waals surface area contributed by atoms with Gasteiger partial charge in [0.25, 0.3) is 11.9 Å². The Balaban J connectivity index is 3.17. The van der Waals surface area contributed by atoms with Gasteiger partial charge in [0.15, 0.2) is 0 Å². The van der Waals surface area contributed by atoms with E-state index in [1.165, 1.54) is 0 Å². The number of sulfone groups is 1. The predicted octanol–water partition coefficient (Wildman–Crippen LogP) is 2.16. The van der Waals surface area contributed by atoms with Crippen molar-refractivity contribution < 1.29 is 26.0 Å². The molecule has 0 saturated heterocycles. The van der Waals surface area contributed by atoms with E-state index in [0.717, 1.165) is 18.2 Å². The molecule has 0 amide bonds. The third-order valence-corrected chi connectivity index (χ3v) is 3.33. The maximum atomic E-state index is 12.7. The molecule has 1 aromatic rings. The summed E-state index contributed by atoms with van der Waals surface area (Å²) >= 11 is 0. The summed E-state index contributed by atoms with van der Waals surface area (Å²) in [5.41, 5.74) is -3.33. The molecule has 0 fully saturated rings. The van der Waals surface area contributed by atoms with Gasteiger partial charge in [0.2, 0.25) is 9.84 Å². The zero-order chi connectivity index (χ0) is 11.6. The standard InChI is InChI=1S/C8H6F4O2S/c9-5-2-1-3-6(4-5)15(13,14)8(12)7(10)11/h1-4,7-8H. The lowest BCUT2D eigenvalue weighted by atomic mass is 10.4. The molecule has 0 aliphatic carbocycles. The first-order valence-corrected chi connectivity index (χ1v) is 5.32. The van der Waals surface area contributed by atoms with Crippen molar-refractivity contribution in [3.63, 3.8) is 0 Å². The van der Waals surface area contributed by atoms with E-state index in [0.29, 0.717) is 6.07 Å². The molecular weight excluding hydrogens is 236 g/mol. The van der Waals surface area contributed by atoms with E-state index < -0.39 is 32.5 Å². The van der Waals surface area contributed by atoms with Gasteiger partial charge in [-0.2, -0.15) is 0 Å². The lowest BCUT2D eigenvalue weighted by Crippen LogP contribution is -2.24. The SMILES string of the molecule is O=S(=O)(c1cccc(F)c1)C(F)C(F)F. The van der Waals surface area contributed by atoms with Crippen LogP contribution >= 0.6 is 0 Å². The summed E-state index contributed by atoms with van der Waals surface area (Å²) < 4.78 is 71.2. The number of alkyl halides is 3. The predicted molar refractivity (Wildman–Crippen MR) is 44.5 cm³/mol. The molecule has 1 aromatic carbocycles. The maximum absolute atomic E-state index is 12.7. The van der Waals surface area contributed by atoms with E-state index >= 15 is 0 Å². The van der Waals surface area contributed by atoms with Gasteiger partial charge in [0.1, 0.15) is 5.82 Å². The molecule has 0 aliphatic heterocycles. The molecule has 84 valence electrons. The van der Waals surface area contributed by atoms with Crippen LogP contribution in [0.2, 0.25) is 0 Å². The zero-order valence-corrected chi connectivity index (χ0v) is 8.02. The van der Waals surface area contributed by atoms with Crippen LogP contribution in [0, 0.1) is 5.82 Å². The lowest BCUT2D eigenvalue weighted by Gasteiger charge is -2.08. The van der Waals surface area contributed by atoms with Gasteiger partial charge >= 0.3 is 0 Å². The highest BCUT2D eigenvalue weighted by Gasteiger charge is 2.35. The Morgan fingerprint density at radius 1 is 1.13 bits per heavy atom. The molecule has 0 spiro atoms. The Labute approximate surface area is 83.4 Å². The first kappa shape index (κ1) is 12.0. The van der Waals surface area contributed by atoms with Gasteiger partial charge in [0, 0.05) is 0 Å². The van der Waals surface area contributed by atoms with Crippen LogP contribution in [0.3, 0.4) is 0 Å². The Morgan fingerprint density at radius 3 is 2.20 bits per heavy atom. The Bertz CT molecular complexity index is 444. The van der Waals surface area contributed by atoms with Gasteiger partial charge in [-0.1, -0.05) is 6.07 Å². The van der Waals surface area contributed by atoms with E-state index in [9.17, 15) is 26.0 Å². The molecule has 0 aromatic heterocycles. The third kappa shape index (κ3) is 2.47. The van der Waals surface area contributed by atoms with Crippen molar-refractivity contribution in [2.24, 2.45) is 0 Å².